The molecular formula is C14H23BrN4. The minimum Gasteiger partial charge on any atom is -0.351 e. The fraction of sp³-hybridized carbons (Fsp3) is 0.714. The Labute approximate surface area is 124 Å². The normalized spacial score (nSPS) is 20.0. The van der Waals surface area contributed by atoms with Crippen LogP contribution in [0.3, 0.4) is 0 Å². The van der Waals surface area contributed by atoms with Gasteiger partial charge in [0.25, 0.3) is 0 Å². The molecule has 0 radical (unpaired) electrons. The van der Waals surface area contributed by atoms with Crippen LogP contribution in [0.2, 0.25) is 0 Å². The summed E-state index contributed by atoms with van der Waals surface area (Å²) in [5.74, 6) is 1.73. The lowest BCUT2D eigenvalue weighted by Crippen LogP contribution is -2.46. The van der Waals surface area contributed by atoms with Gasteiger partial charge in [0.15, 0.2) is 0 Å². The second-order valence-corrected chi connectivity index (χ2v) is 6.44. The molecule has 19 heavy (non-hydrogen) atoms. The number of nitrogens with one attached hydrogen (secondary N) is 1. The molecule has 106 valence electrons. The minimum absolute atomic E-state index is 0.540. The van der Waals surface area contributed by atoms with Crippen LogP contribution in [0, 0.1) is 5.92 Å². The van der Waals surface area contributed by atoms with E-state index in [-0.39, 0.29) is 0 Å². The van der Waals surface area contributed by atoms with Gasteiger partial charge in [-0.3, -0.25) is 0 Å². The molecule has 1 aliphatic rings. The molecule has 0 saturated carbocycles. The molecule has 4 nitrogen and oxygen atoms in total. The molecular weight excluding hydrogens is 304 g/mol. The van der Waals surface area contributed by atoms with Gasteiger partial charge in [-0.05, 0) is 47.7 Å². The van der Waals surface area contributed by atoms with E-state index in [1.165, 1.54) is 19.3 Å². The molecule has 0 bridgehead atoms. The number of anilines is 1. The maximum atomic E-state index is 4.44. The number of hydrogen-bond acceptors (Lipinski definition) is 4. The first-order valence-corrected chi connectivity index (χ1v) is 7.90. The molecule has 2 rings (SSSR count). The van der Waals surface area contributed by atoms with E-state index in [0.29, 0.717) is 12.0 Å². The largest absolute Gasteiger partial charge is 0.351 e. The van der Waals surface area contributed by atoms with Crippen molar-refractivity contribution in [3.63, 3.8) is 0 Å². The Balaban J connectivity index is 2.02. The van der Waals surface area contributed by atoms with Gasteiger partial charge in [-0.25, -0.2) is 9.97 Å². The monoisotopic (exact) mass is 326 g/mol. The van der Waals surface area contributed by atoms with Gasteiger partial charge in [-0.2, -0.15) is 0 Å². The van der Waals surface area contributed by atoms with Crippen molar-refractivity contribution >= 4 is 21.7 Å². The highest BCUT2D eigenvalue weighted by atomic mass is 79.9. The molecule has 1 N–H and O–H groups in total. The van der Waals surface area contributed by atoms with E-state index in [2.05, 4.69) is 50.0 Å². The summed E-state index contributed by atoms with van der Waals surface area (Å²) in [7, 11) is 0. The molecule has 5 heteroatoms. The van der Waals surface area contributed by atoms with Crippen molar-refractivity contribution in [2.75, 3.05) is 24.5 Å². The number of rotatable bonds is 5. The standard InChI is InChI=1S/C14H23BrN4/c1-11(2)7-16-8-12-5-3-4-6-19(12)14-13(15)9-17-10-18-14/h9-12,16H,3-8H2,1-2H3. The summed E-state index contributed by atoms with van der Waals surface area (Å²) in [6, 6.07) is 0.540. The average Bonchev–Trinajstić information content (AvgIpc) is 2.40. The number of aromatic nitrogens is 2. The van der Waals surface area contributed by atoms with E-state index in [1.807, 2.05) is 6.20 Å². The molecule has 1 saturated heterocycles. The highest BCUT2D eigenvalue weighted by Gasteiger charge is 2.24. The average molecular weight is 327 g/mol. The number of halogens is 1. The highest BCUT2D eigenvalue weighted by Crippen LogP contribution is 2.28. The van der Waals surface area contributed by atoms with Gasteiger partial charge >= 0.3 is 0 Å². The zero-order valence-corrected chi connectivity index (χ0v) is 13.4. The van der Waals surface area contributed by atoms with Crippen molar-refractivity contribution in [1.82, 2.24) is 15.3 Å². The highest BCUT2D eigenvalue weighted by molar-refractivity contribution is 9.10. The molecule has 0 aromatic carbocycles. The fourth-order valence-electron chi connectivity index (χ4n) is 2.55. The summed E-state index contributed by atoms with van der Waals surface area (Å²) < 4.78 is 0.991. The summed E-state index contributed by atoms with van der Waals surface area (Å²) in [6.07, 6.45) is 7.26. The predicted molar refractivity (Wildman–Crippen MR) is 82.4 cm³/mol. The van der Waals surface area contributed by atoms with Crippen LogP contribution in [-0.4, -0.2) is 35.6 Å². The van der Waals surface area contributed by atoms with Crippen LogP contribution in [0.5, 0.6) is 0 Å². The van der Waals surface area contributed by atoms with Crippen LogP contribution in [0.25, 0.3) is 0 Å². The first-order chi connectivity index (χ1) is 9.18. The van der Waals surface area contributed by atoms with Crippen molar-refractivity contribution in [3.8, 4) is 0 Å². The topological polar surface area (TPSA) is 41.0 Å². The van der Waals surface area contributed by atoms with E-state index >= 15 is 0 Å². The molecule has 0 aliphatic carbocycles. The summed E-state index contributed by atoms with van der Waals surface area (Å²) in [6.45, 7) is 7.69. The molecule has 1 atom stereocenters. The third kappa shape index (κ3) is 4.14. The van der Waals surface area contributed by atoms with Gasteiger partial charge in [-0.15, -0.1) is 0 Å². The lowest BCUT2D eigenvalue weighted by molar-refractivity contribution is 0.420. The summed E-state index contributed by atoms with van der Waals surface area (Å²) in [4.78, 5) is 10.9. The molecule has 1 unspecified atom stereocenters. The molecule has 1 fully saturated rings. The Hall–Kier alpha value is -0.680. The van der Waals surface area contributed by atoms with E-state index in [0.717, 1.165) is 29.9 Å². The molecule has 1 aromatic rings. The van der Waals surface area contributed by atoms with Crippen molar-refractivity contribution in [2.24, 2.45) is 5.92 Å². The lowest BCUT2D eigenvalue weighted by atomic mass is 10.0. The first-order valence-electron chi connectivity index (χ1n) is 7.11. The van der Waals surface area contributed by atoms with Crippen LogP contribution in [0.15, 0.2) is 17.0 Å². The van der Waals surface area contributed by atoms with Crippen LogP contribution >= 0.6 is 15.9 Å². The van der Waals surface area contributed by atoms with Gasteiger partial charge in [-0.1, -0.05) is 13.8 Å². The van der Waals surface area contributed by atoms with Gasteiger partial charge in [0, 0.05) is 25.3 Å². The Bertz CT molecular complexity index is 397. The maximum absolute atomic E-state index is 4.44. The van der Waals surface area contributed by atoms with Crippen LogP contribution in [0.1, 0.15) is 33.1 Å². The van der Waals surface area contributed by atoms with Gasteiger partial charge < -0.3 is 10.2 Å². The zero-order chi connectivity index (χ0) is 13.7. The number of nitrogens with zero attached hydrogens (tertiary/aromatic N) is 3. The summed E-state index contributed by atoms with van der Waals surface area (Å²) in [5.41, 5.74) is 0. The Morgan fingerprint density at radius 2 is 2.32 bits per heavy atom. The first kappa shape index (κ1) is 14.7. The quantitative estimate of drug-likeness (QED) is 0.903. The van der Waals surface area contributed by atoms with Crippen LogP contribution < -0.4 is 10.2 Å². The minimum atomic E-state index is 0.540. The number of piperidine rings is 1. The van der Waals surface area contributed by atoms with E-state index in [9.17, 15) is 0 Å². The zero-order valence-electron chi connectivity index (χ0n) is 11.8. The van der Waals surface area contributed by atoms with Crippen molar-refractivity contribution in [1.29, 1.82) is 0 Å². The third-order valence-electron chi connectivity index (χ3n) is 3.48. The third-order valence-corrected chi connectivity index (χ3v) is 4.04. The Kier molecular flexibility index (Phi) is 5.58. The second kappa shape index (κ2) is 7.20. The SMILES string of the molecule is CC(C)CNCC1CCCCN1c1ncncc1Br. The van der Waals surface area contributed by atoms with Gasteiger partial charge in [0.1, 0.15) is 12.1 Å². The number of hydrogen-bond donors (Lipinski definition) is 1. The second-order valence-electron chi connectivity index (χ2n) is 5.59. The molecule has 1 aromatic heterocycles. The lowest BCUT2D eigenvalue weighted by Gasteiger charge is -2.37. The smallest absolute Gasteiger partial charge is 0.146 e. The van der Waals surface area contributed by atoms with Crippen LogP contribution in [0.4, 0.5) is 5.82 Å². The predicted octanol–water partition coefficient (Wildman–Crippen LogP) is 2.84. The Morgan fingerprint density at radius 1 is 1.47 bits per heavy atom. The van der Waals surface area contributed by atoms with E-state index in [4.69, 9.17) is 0 Å². The molecule has 1 aliphatic heterocycles. The van der Waals surface area contributed by atoms with Gasteiger partial charge in [0.05, 0.1) is 4.47 Å². The van der Waals surface area contributed by atoms with E-state index in [1.54, 1.807) is 6.33 Å². The van der Waals surface area contributed by atoms with E-state index < -0.39 is 0 Å². The van der Waals surface area contributed by atoms with Crippen LogP contribution in [-0.2, 0) is 0 Å². The van der Waals surface area contributed by atoms with Gasteiger partial charge in [0.2, 0.25) is 0 Å². The summed E-state index contributed by atoms with van der Waals surface area (Å²) >= 11 is 3.56. The van der Waals surface area contributed by atoms with Crippen molar-refractivity contribution in [2.45, 2.75) is 39.2 Å². The molecule has 0 spiro atoms. The molecule has 0 amide bonds. The Morgan fingerprint density at radius 3 is 3.05 bits per heavy atom. The summed E-state index contributed by atoms with van der Waals surface area (Å²) in [5, 5.41) is 3.57. The van der Waals surface area contributed by atoms with Crippen molar-refractivity contribution in [3.05, 3.63) is 17.0 Å². The molecule has 2 heterocycles. The van der Waals surface area contributed by atoms with Crippen molar-refractivity contribution < 1.29 is 0 Å². The maximum Gasteiger partial charge on any atom is 0.146 e. The fourth-order valence-corrected chi connectivity index (χ4v) is 3.00.